The smallest absolute Gasteiger partial charge is 0.284 e. The van der Waals surface area contributed by atoms with Gasteiger partial charge < -0.3 is 56.8 Å². The summed E-state index contributed by atoms with van der Waals surface area (Å²) in [5, 5.41) is 9.62. The van der Waals surface area contributed by atoms with Crippen molar-refractivity contribution in [2.75, 3.05) is 28.4 Å². The Balaban J connectivity index is 0.836. The molecule has 0 spiro atoms. The number of methoxy groups -OCH3 is 4. The number of amides is 8. The summed E-state index contributed by atoms with van der Waals surface area (Å²) in [6.07, 6.45) is 20.7. The highest BCUT2D eigenvalue weighted by molar-refractivity contribution is 6.21. The van der Waals surface area contributed by atoms with E-state index in [4.69, 9.17) is 96.7 Å². The lowest BCUT2D eigenvalue weighted by atomic mass is 9.60. The monoisotopic (exact) mass is 1900 g/mol. The van der Waals surface area contributed by atoms with Crippen LogP contribution in [0.1, 0.15) is 362 Å². The normalized spacial score (nSPS) is 32.3. The fraction of sp³-hybridized carbons (Fsp3) is 0.556. The van der Waals surface area contributed by atoms with Crippen molar-refractivity contribution in [3.05, 3.63) is 139 Å². The molecule has 8 aromatic rings. The van der Waals surface area contributed by atoms with Crippen LogP contribution in [0.5, 0.6) is 93.0 Å². The summed E-state index contributed by atoms with van der Waals surface area (Å²) >= 11 is 0. The van der Waals surface area contributed by atoms with Gasteiger partial charge in [0.05, 0.1) is 24.4 Å². The summed E-state index contributed by atoms with van der Waals surface area (Å²) < 4.78 is 86.9. The zero-order valence-corrected chi connectivity index (χ0v) is 80.9. The van der Waals surface area contributed by atoms with Crippen LogP contribution in [0.2, 0.25) is 0 Å². The van der Waals surface area contributed by atoms with Gasteiger partial charge in [0.15, 0.2) is 45.6 Å². The van der Waals surface area contributed by atoms with E-state index in [-0.39, 0.29) is 256 Å². The number of benzene rings is 4. The molecule has 17 aliphatic rings. The summed E-state index contributed by atoms with van der Waals surface area (Å²) in [7, 11) is 7.35. The second kappa shape index (κ2) is 32.8. The second-order valence-corrected chi connectivity index (χ2v) is 44.7. The maximum Gasteiger partial charge on any atom is 0.284 e. The van der Waals surface area contributed by atoms with Crippen LogP contribution in [-0.4, -0.2) is 140 Å². The van der Waals surface area contributed by atoms with Crippen molar-refractivity contribution in [3.63, 3.8) is 0 Å². The molecule has 8 fully saturated rings. The van der Waals surface area contributed by atoms with E-state index in [1.54, 1.807) is 0 Å². The molecule has 25 rings (SSSR count). The van der Waals surface area contributed by atoms with E-state index in [0.29, 0.717) is 70.2 Å². The number of aromatic nitrogens is 8. The minimum atomic E-state index is -0.825. The lowest BCUT2D eigenvalue weighted by molar-refractivity contribution is -0.0504. The molecule has 9 aliphatic carbocycles. The molecule has 0 saturated heterocycles. The van der Waals surface area contributed by atoms with Crippen molar-refractivity contribution in [2.45, 2.75) is 258 Å². The fourth-order valence-electron chi connectivity index (χ4n) is 31.7. The van der Waals surface area contributed by atoms with E-state index in [1.165, 1.54) is 0 Å². The number of hydrogen-bond acceptors (Lipinski definition) is 28. The van der Waals surface area contributed by atoms with Gasteiger partial charge in [-0.05, 0) is 245 Å². The highest BCUT2D eigenvalue weighted by Crippen LogP contribution is 2.69. The highest BCUT2D eigenvalue weighted by atomic mass is 16.6. The number of ether oxygens (including phenoxy) is 12. The maximum atomic E-state index is 14.4. The van der Waals surface area contributed by atoms with Gasteiger partial charge in [-0.1, -0.05) is 81.1 Å². The predicted molar refractivity (Wildman–Crippen MR) is 500 cm³/mol. The van der Waals surface area contributed by atoms with Crippen LogP contribution >= 0.6 is 0 Å². The topological polar surface area (TPSA) is 399 Å². The first-order valence-electron chi connectivity index (χ1n) is 50.8. The molecule has 4 aromatic carbocycles. The molecule has 12 heterocycles. The summed E-state index contributed by atoms with van der Waals surface area (Å²) in [6.45, 7) is 19.3. The summed E-state index contributed by atoms with van der Waals surface area (Å²) in [4.78, 5) is 155. The Morgan fingerprint density at radius 3 is 0.586 bits per heavy atom. The SMILES string of the molecule is COC1CCCC2(C)C(C(C)CC3c4cc5c6cc4Oc4nc7c(nc4Oc4cc8c(cc43)C(CC(C)C3CCC4C(OC)CCCC34C)c3cc4c(cc3Oc3nc9c(nc3O8)C(=O)NC9=O)Oc3nc8c(nc3Oc3cc(c(cc3C4CC(C)C3CCC4C(OC)CCCC34C)C5CC(C)C3CCC4C(OC)CCCC34C)Oc3nc4c(nc3O6)C(=O)NC4=O)C(=O)NC8=O)C(=O)NC7=O)CCC12. The fourth-order valence-corrected chi connectivity index (χ4v) is 31.7. The molecule has 8 amide bonds. The molecule has 8 saturated carbocycles. The molecule has 140 heavy (non-hydrogen) atoms. The Kier molecular flexibility index (Phi) is 20.9. The second-order valence-electron chi connectivity index (χ2n) is 44.7. The molecule has 20 atom stereocenters. The van der Waals surface area contributed by atoms with Crippen LogP contribution in [0.25, 0.3) is 0 Å². The van der Waals surface area contributed by atoms with Gasteiger partial charge in [0, 0.05) is 121 Å². The van der Waals surface area contributed by atoms with E-state index in [2.05, 4.69) is 101 Å². The lowest BCUT2D eigenvalue weighted by Gasteiger charge is -2.47. The zero-order valence-electron chi connectivity index (χ0n) is 80.9. The van der Waals surface area contributed by atoms with Crippen molar-refractivity contribution in [2.24, 2.45) is 92.7 Å². The molecule has 32 heteroatoms. The molecule has 0 radical (unpaired) electrons. The maximum absolute atomic E-state index is 14.4. The molecule has 4 N–H and O–H groups in total. The van der Waals surface area contributed by atoms with Gasteiger partial charge in [-0.3, -0.25) is 59.6 Å². The number of rotatable bonds is 16. The number of carbonyl (C=O) groups excluding carboxylic acids is 8. The molecule has 8 aliphatic heterocycles. The van der Waals surface area contributed by atoms with Gasteiger partial charge in [-0.15, -0.1) is 0 Å². The molecule has 728 valence electrons. The van der Waals surface area contributed by atoms with Crippen LogP contribution in [0.15, 0.2) is 48.5 Å². The number of fused-ring (bicyclic) bond motifs is 12. The van der Waals surface area contributed by atoms with E-state index in [1.807, 2.05) is 52.7 Å². The highest BCUT2D eigenvalue weighted by Gasteiger charge is 2.60. The van der Waals surface area contributed by atoms with Crippen molar-refractivity contribution < 1.29 is 95.2 Å². The largest absolute Gasteiger partial charge is 0.434 e. The van der Waals surface area contributed by atoms with Crippen LogP contribution in [-0.2, 0) is 18.9 Å². The van der Waals surface area contributed by atoms with E-state index in [0.717, 1.165) is 128 Å². The zero-order chi connectivity index (χ0) is 96.2. The van der Waals surface area contributed by atoms with Gasteiger partial charge >= 0.3 is 0 Å². The summed E-state index contributed by atoms with van der Waals surface area (Å²) in [6, 6.07) is 16.0. The summed E-state index contributed by atoms with van der Waals surface area (Å²) in [5.74, 6) is -10.1. The quantitative estimate of drug-likeness (QED) is 0.0653. The minimum Gasteiger partial charge on any atom is -0.434 e. The van der Waals surface area contributed by atoms with Gasteiger partial charge in [0.2, 0.25) is 0 Å². The molecule has 20 unspecified atom stereocenters. The van der Waals surface area contributed by atoms with Crippen LogP contribution in [0.3, 0.4) is 0 Å². The van der Waals surface area contributed by atoms with Crippen LogP contribution in [0.4, 0.5) is 0 Å². The first-order valence-corrected chi connectivity index (χ1v) is 50.8. The van der Waals surface area contributed by atoms with Crippen molar-refractivity contribution in [1.29, 1.82) is 0 Å². The standard InChI is InChI=1S/C108H116N12O20/c1-45(61-21-25-65-69(129-9)17-13-29-105(61,65)5)33-49-53-37-55-50(34-46(2)62-22-26-66-70(130-10)18-14-30-106(62,66)6)57-39-59-52(36-48(4)64-24-28-68-72(132-12)20-16-32-108(64,68)8)60-40-58-51(35-47(3)63-23-27-67-71(131-11)19-15-31-107(63,67)7)56-38-54(49)74-42-76(56)136-100-102(114-86-84(112-100)92(124)119-94(86)126)138-78(58)44-80(60)140-104-103(115-87-88(116-104)96(128)120-95(87)127)139-79(59)43-77(57)137-101-99(111-83-85(113-101)93(125)118-91(83)123)135-75(55)41-73(53)133-97-98(134-74)110-82-81(109-97)89(121)117-90(82)122/h37-52,61-72H,13-36H2,1-12H3,(H,117,121,122)(H,118,123,125)(H,119,124,126)(H,120,127,128). The van der Waals surface area contributed by atoms with E-state index >= 15 is 0 Å². The van der Waals surface area contributed by atoms with Gasteiger partial charge in [-0.2, -0.15) is 0 Å². The number of nitrogens with one attached hydrogen (secondary N) is 4. The number of imide groups is 4. The van der Waals surface area contributed by atoms with Gasteiger partial charge in [0.25, 0.3) is 94.3 Å². The average molecular weight is 1900 g/mol. The Bertz CT molecular complexity index is 5690. The Labute approximate surface area is 809 Å². The lowest BCUT2D eigenvalue weighted by Crippen LogP contribution is -2.42. The molecular formula is C108H116N12O20. The van der Waals surface area contributed by atoms with Crippen molar-refractivity contribution in [3.8, 4) is 93.0 Å². The Morgan fingerprint density at radius 2 is 0.429 bits per heavy atom. The van der Waals surface area contributed by atoms with E-state index < -0.39 is 70.9 Å². The molecule has 32 nitrogen and oxygen atoms in total. The van der Waals surface area contributed by atoms with Gasteiger partial charge in [0.1, 0.15) is 46.0 Å². The third-order valence-electron chi connectivity index (χ3n) is 38.1. The van der Waals surface area contributed by atoms with Crippen LogP contribution in [0, 0.1) is 92.7 Å². The minimum absolute atomic E-state index is 0.0430. The van der Waals surface area contributed by atoms with Crippen LogP contribution < -0.4 is 59.2 Å². The number of hydrogen-bond donors (Lipinski definition) is 4. The van der Waals surface area contributed by atoms with Gasteiger partial charge in [-0.25, -0.2) is 39.9 Å². The average Bonchev–Trinajstić information content (AvgIpc) is 0.972. The number of nitrogens with zero attached hydrogens (tertiary/aromatic N) is 8. The molecule has 8 bridgehead atoms. The van der Waals surface area contributed by atoms with Crippen molar-refractivity contribution >= 4 is 47.3 Å². The Hall–Kier alpha value is -12.0. The Morgan fingerprint density at radius 1 is 0.264 bits per heavy atom. The predicted octanol–water partition coefficient (Wildman–Crippen LogP) is 19.8. The van der Waals surface area contributed by atoms with E-state index in [9.17, 15) is 38.4 Å². The first-order chi connectivity index (χ1) is 67.5. The van der Waals surface area contributed by atoms with Crippen molar-refractivity contribution in [1.82, 2.24) is 61.1 Å². The third kappa shape index (κ3) is 13.6. The summed E-state index contributed by atoms with van der Waals surface area (Å²) in [5.41, 5.74) is 1.53. The molecule has 4 aromatic heterocycles. The molecular weight excluding hydrogens is 1790 g/mol. The third-order valence-corrected chi connectivity index (χ3v) is 38.1. The first kappa shape index (κ1) is 89.4. The number of carbonyl (C=O) groups is 8.